The van der Waals surface area contributed by atoms with E-state index >= 15 is 0 Å². The second-order valence-corrected chi connectivity index (χ2v) is 8.71. The van der Waals surface area contributed by atoms with Gasteiger partial charge in [-0.15, -0.1) is 0 Å². The van der Waals surface area contributed by atoms with Gasteiger partial charge in [0.1, 0.15) is 0 Å². The number of carbonyl (C=O) groups excluding carboxylic acids is 1. The van der Waals surface area contributed by atoms with Crippen LogP contribution < -0.4 is 5.32 Å². The van der Waals surface area contributed by atoms with Crippen LogP contribution in [0.25, 0.3) is 10.2 Å². The van der Waals surface area contributed by atoms with Gasteiger partial charge in [0.05, 0.1) is 10.2 Å². The van der Waals surface area contributed by atoms with Gasteiger partial charge in [-0.3, -0.25) is 15.0 Å². The molecular weight excluding hydrogens is 378 g/mol. The molecule has 0 bridgehead atoms. The number of thiazole rings is 1. The van der Waals surface area contributed by atoms with E-state index in [9.17, 15) is 4.79 Å². The Kier molecular flexibility index (Phi) is 5.43. The molecule has 1 saturated heterocycles. The van der Waals surface area contributed by atoms with E-state index in [1.807, 2.05) is 6.07 Å². The molecule has 3 aromatic rings. The molecule has 0 aliphatic carbocycles. The molecule has 0 unspecified atom stereocenters. The van der Waals surface area contributed by atoms with E-state index in [2.05, 4.69) is 34.3 Å². The van der Waals surface area contributed by atoms with Gasteiger partial charge in [-0.05, 0) is 67.7 Å². The van der Waals surface area contributed by atoms with E-state index in [1.54, 1.807) is 24.3 Å². The smallest absolute Gasteiger partial charge is 0.257 e. The fraction of sp³-hybridized carbons (Fsp3) is 0.333. The van der Waals surface area contributed by atoms with E-state index in [-0.39, 0.29) is 5.91 Å². The molecule has 1 fully saturated rings. The molecule has 2 aromatic carbocycles. The van der Waals surface area contributed by atoms with Crippen LogP contribution in [0.5, 0.6) is 0 Å². The molecule has 0 atom stereocenters. The van der Waals surface area contributed by atoms with E-state index in [4.69, 9.17) is 11.6 Å². The van der Waals surface area contributed by atoms with Gasteiger partial charge in [0.25, 0.3) is 5.91 Å². The maximum Gasteiger partial charge on any atom is 0.257 e. The standard InChI is InChI=1S/C21H22ClN3OS/c1-14-7-9-25(10-8-14)13-15-5-6-18-19(11-15)27-21(23-18)24-20(26)16-3-2-4-17(22)12-16/h2-6,11-12,14H,7-10,13H2,1H3,(H,23,24,26). The average molecular weight is 400 g/mol. The molecule has 1 aliphatic heterocycles. The minimum absolute atomic E-state index is 0.195. The topological polar surface area (TPSA) is 45.2 Å². The van der Waals surface area contributed by atoms with Gasteiger partial charge in [-0.1, -0.05) is 42.0 Å². The van der Waals surface area contributed by atoms with Crippen LogP contribution in [0.4, 0.5) is 5.13 Å². The quantitative estimate of drug-likeness (QED) is 0.635. The van der Waals surface area contributed by atoms with Crippen molar-refractivity contribution >= 4 is 44.2 Å². The van der Waals surface area contributed by atoms with Crippen molar-refractivity contribution in [1.82, 2.24) is 9.88 Å². The number of anilines is 1. The fourth-order valence-electron chi connectivity index (χ4n) is 3.40. The highest BCUT2D eigenvalue weighted by Crippen LogP contribution is 2.28. The number of nitrogens with one attached hydrogen (secondary N) is 1. The maximum absolute atomic E-state index is 12.4. The number of benzene rings is 2. The number of amides is 1. The second kappa shape index (κ2) is 7.97. The lowest BCUT2D eigenvalue weighted by Crippen LogP contribution is -2.32. The van der Waals surface area contributed by atoms with Crippen molar-refractivity contribution in [2.24, 2.45) is 5.92 Å². The third kappa shape index (κ3) is 4.49. The third-order valence-corrected chi connectivity index (χ3v) is 6.21. The van der Waals surface area contributed by atoms with Crippen molar-refractivity contribution < 1.29 is 4.79 Å². The highest BCUT2D eigenvalue weighted by molar-refractivity contribution is 7.22. The Hall–Kier alpha value is -1.95. The van der Waals surface area contributed by atoms with Gasteiger partial charge >= 0.3 is 0 Å². The zero-order chi connectivity index (χ0) is 18.8. The summed E-state index contributed by atoms with van der Waals surface area (Å²) in [7, 11) is 0. The summed E-state index contributed by atoms with van der Waals surface area (Å²) in [5.41, 5.74) is 2.74. The third-order valence-electron chi connectivity index (χ3n) is 5.04. The van der Waals surface area contributed by atoms with Crippen molar-refractivity contribution in [3.63, 3.8) is 0 Å². The number of rotatable bonds is 4. The Bertz CT molecular complexity index is 963. The summed E-state index contributed by atoms with van der Waals surface area (Å²) in [5.74, 6) is 0.648. The summed E-state index contributed by atoms with van der Waals surface area (Å²) in [4.78, 5) is 19.4. The second-order valence-electron chi connectivity index (χ2n) is 7.24. The van der Waals surface area contributed by atoms with Crippen molar-refractivity contribution in [1.29, 1.82) is 0 Å². The molecule has 0 radical (unpaired) electrons. The molecule has 1 amide bonds. The molecule has 1 aliphatic rings. The SMILES string of the molecule is CC1CCN(Cc2ccc3nc(NC(=O)c4cccc(Cl)c4)sc3c2)CC1. The van der Waals surface area contributed by atoms with Gasteiger partial charge < -0.3 is 0 Å². The summed E-state index contributed by atoms with van der Waals surface area (Å²) in [5, 5.41) is 4.04. The number of likely N-dealkylation sites (tertiary alicyclic amines) is 1. The number of aromatic nitrogens is 1. The maximum atomic E-state index is 12.4. The van der Waals surface area contributed by atoms with Crippen LogP contribution in [0.2, 0.25) is 5.02 Å². The van der Waals surface area contributed by atoms with Crippen LogP contribution in [0.15, 0.2) is 42.5 Å². The first-order chi connectivity index (χ1) is 13.1. The minimum atomic E-state index is -0.195. The molecule has 4 nitrogen and oxygen atoms in total. The Morgan fingerprint density at radius 3 is 2.85 bits per heavy atom. The summed E-state index contributed by atoms with van der Waals surface area (Å²) in [6.45, 7) is 5.65. The molecule has 2 heterocycles. The molecule has 0 saturated carbocycles. The van der Waals surface area contributed by atoms with Crippen molar-refractivity contribution in [3.05, 3.63) is 58.6 Å². The van der Waals surface area contributed by atoms with Crippen LogP contribution in [0.3, 0.4) is 0 Å². The van der Waals surface area contributed by atoms with Crippen molar-refractivity contribution in [2.45, 2.75) is 26.3 Å². The number of halogens is 1. The van der Waals surface area contributed by atoms with Gasteiger partial charge in [-0.2, -0.15) is 0 Å². The van der Waals surface area contributed by atoms with Crippen LogP contribution in [0, 0.1) is 5.92 Å². The van der Waals surface area contributed by atoms with E-state index in [0.717, 1.165) is 22.7 Å². The molecular formula is C21H22ClN3OS. The number of hydrogen-bond donors (Lipinski definition) is 1. The van der Waals surface area contributed by atoms with Crippen LogP contribution >= 0.6 is 22.9 Å². The van der Waals surface area contributed by atoms with E-state index in [1.165, 1.54) is 42.8 Å². The molecule has 1 aromatic heterocycles. The highest BCUT2D eigenvalue weighted by atomic mass is 35.5. The Morgan fingerprint density at radius 2 is 2.07 bits per heavy atom. The summed E-state index contributed by atoms with van der Waals surface area (Å²) >= 11 is 7.47. The monoisotopic (exact) mass is 399 g/mol. The number of carbonyl (C=O) groups is 1. The highest BCUT2D eigenvalue weighted by Gasteiger charge is 2.16. The van der Waals surface area contributed by atoms with Gasteiger partial charge in [0.15, 0.2) is 5.13 Å². The fourth-order valence-corrected chi connectivity index (χ4v) is 4.51. The molecule has 6 heteroatoms. The van der Waals surface area contributed by atoms with Crippen molar-refractivity contribution in [2.75, 3.05) is 18.4 Å². The molecule has 27 heavy (non-hydrogen) atoms. The van der Waals surface area contributed by atoms with Gasteiger partial charge in [-0.25, -0.2) is 4.98 Å². The zero-order valence-corrected chi connectivity index (χ0v) is 16.8. The minimum Gasteiger partial charge on any atom is -0.299 e. The Labute approximate surface area is 168 Å². The van der Waals surface area contributed by atoms with E-state index < -0.39 is 0 Å². The van der Waals surface area contributed by atoms with Crippen LogP contribution in [-0.4, -0.2) is 28.9 Å². The van der Waals surface area contributed by atoms with E-state index in [0.29, 0.717) is 15.7 Å². The zero-order valence-electron chi connectivity index (χ0n) is 15.2. The summed E-state index contributed by atoms with van der Waals surface area (Å²) in [6.07, 6.45) is 2.56. The predicted molar refractivity (Wildman–Crippen MR) is 113 cm³/mol. The summed E-state index contributed by atoms with van der Waals surface area (Å²) < 4.78 is 1.10. The lowest BCUT2D eigenvalue weighted by molar-refractivity contribution is 0.102. The number of nitrogens with zero attached hydrogens (tertiary/aromatic N) is 2. The normalized spacial score (nSPS) is 15.9. The number of piperidine rings is 1. The lowest BCUT2D eigenvalue weighted by Gasteiger charge is -2.30. The Balaban J connectivity index is 1.46. The predicted octanol–water partition coefficient (Wildman–Crippen LogP) is 5.43. The lowest BCUT2D eigenvalue weighted by atomic mass is 9.99. The molecule has 140 valence electrons. The Morgan fingerprint density at radius 1 is 1.26 bits per heavy atom. The van der Waals surface area contributed by atoms with Crippen molar-refractivity contribution in [3.8, 4) is 0 Å². The number of hydrogen-bond acceptors (Lipinski definition) is 4. The molecule has 4 rings (SSSR count). The van der Waals surface area contributed by atoms with Crippen LogP contribution in [0.1, 0.15) is 35.7 Å². The first-order valence-corrected chi connectivity index (χ1v) is 10.4. The average Bonchev–Trinajstić information content (AvgIpc) is 3.05. The first-order valence-electron chi connectivity index (χ1n) is 9.25. The van der Waals surface area contributed by atoms with Gasteiger partial charge in [0, 0.05) is 17.1 Å². The largest absolute Gasteiger partial charge is 0.299 e. The molecule has 0 spiro atoms. The summed E-state index contributed by atoms with van der Waals surface area (Å²) in [6, 6.07) is 13.3. The molecule has 1 N–H and O–H groups in total. The first kappa shape index (κ1) is 18.4. The van der Waals surface area contributed by atoms with Gasteiger partial charge in [0.2, 0.25) is 0 Å². The number of fused-ring (bicyclic) bond motifs is 1. The van der Waals surface area contributed by atoms with Crippen LogP contribution in [-0.2, 0) is 6.54 Å².